The highest BCUT2D eigenvalue weighted by Gasteiger charge is 1.72. The van der Waals surface area contributed by atoms with E-state index in [1.807, 2.05) is 6.07 Å². The second-order valence-corrected chi connectivity index (χ2v) is 3.06. The molecule has 0 N–H and O–H groups in total. The van der Waals surface area contributed by atoms with E-state index in [1.165, 1.54) is 15.4 Å². The Morgan fingerprint density at radius 1 is 1.10 bits per heavy atom. The van der Waals surface area contributed by atoms with Gasteiger partial charge in [0.05, 0.1) is 0 Å². The van der Waals surface area contributed by atoms with Crippen molar-refractivity contribution in [3.8, 4) is 0 Å². The zero-order valence-corrected chi connectivity index (χ0v) is 8.70. The second-order valence-electron chi connectivity index (χ2n) is 1.74. The summed E-state index contributed by atoms with van der Waals surface area (Å²) in [6.45, 7) is 0. The van der Waals surface area contributed by atoms with E-state index in [2.05, 4.69) is 24.3 Å². The molecule has 1 aromatic rings. The predicted octanol–water partition coefficient (Wildman–Crippen LogP) is -0.941. The second kappa shape index (κ2) is 6.37. The highest BCUT2D eigenvalue weighted by atomic mass is 28.2. The fourth-order valence-electron chi connectivity index (χ4n) is 0.534. The Morgan fingerprint density at radius 3 is 1.70 bits per heavy atom. The largest absolute Gasteiger partial charge is 0.549 e. The molecule has 0 fully saturated rings. The zero-order chi connectivity index (χ0) is 7.82. The van der Waals surface area contributed by atoms with Crippen molar-refractivity contribution in [1.82, 2.24) is 0 Å². The lowest BCUT2D eigenvalue weighted by molar-refractivity contribution is 0.497. The van der Waals surface area contributed by atoms with E-state index < -0.39 is 9.29 Å². The van der Waals surface area contributed by atoms with Gasteiger partial charge in [-0.1, -0.05) is 35.5 Å². The molecule has 0 aliphatic carbocycles. The highest BCUT2D eigenvalue weighted by molar-refractivity contribution is 6.32. The average Bonchev–Trinajstić information content (AvgIpc) is 1.91. The summed E-state index contributed by atoms with van der Waals surface area (Å²) in [6, 6.07) is 10.5. The summed E-state index contributed by atoms with van der Waals surface area (Å²) in [6.07, 6.45) is 0. The molecule has 0 radical (unpaired) electrons. The molecule has 0 saturated carbocycles. The molecule has 1 rings (SSSR count). The average molecular weight is 168 g/mol. The first-order valence-corrected chi connectivity index (χ1v) is 4.64. The summed E-state index contributed by atoms with van der Waals surface area (Å²) in [7, 11) is -0.243. The molecule has 0 atom stereocenters. The van der Waals surface area contributed by atoms with Crippen LogP contribution in [0.4, 0.5) is 0 Å². The molecule has 0 spiro atoms. The van der Waals surface area contributed by atoms with Crippen molar-refractivity contribution in [2.45, 2.75) is 0 Å². The van der Waals surface area contributed by atoms with Crippen LogP contribution in [0.1, 0.15) is 0 Å². The fourth-order valence-corrected chi connectivity index (χ4v) is 0.919. The zero-order valence-electron chi connectivity index (χ0n) is 5.70. The SMILES string of the molecule is O=[Si]=O.[SiH3]c1ccccc1. The lowest BCUT2D eigenvalue weighted by Crippen LogP contribution is -1.97. The van der Waals surface area contributed by atoms with Gasteiger partial charge >= 0.3 is 9.29 Å². The Balaban J connectivity index is 0.000000236. The van der Waals surface area contributed by atoms with Gasteiger partial charge in [0.25, 0.3) is 0 Å². The van der Waals surface area contributed by atoms with Gasteiger partial charge in [-0.15, -0.1) is 0 Å². The lowest BCUT2D eigenvalue weighted by atomic mass is 10.4. The van der Waals surface area contributed by atoms with E-state index in [1.54, 1.807) is 0 Å². The van der Waals surface area contributed by atoms with Gasteiger partial charge in [-0.2, -0.15) is 0 Å². The van der Waals surface area contributed by atoms with Crippen molar-refractivity contribution in [3.63, 3.8) is 0 Å². The van der Waals surface area contributed by atoms with E-state index >= 15 is 0 Å². The van der Waals surface area contributed by atoms with Crippen LogP contribution < -0.4 is 5.19 Å². The first-order valence-electron chi connectivity index (χ1n) is 2.82. The molecular weight excluding hydrogens is 160 g/mol. The van der Waals surface area contributed by atoms with E-state index in [0.717, 1.165) is 0 Å². The third-order valence-electron chi connectivity index (χ3n) is 0.940. The minimum absolute atomic E-state index is 1.17. The van der Waals surface area contributed by atoms with E-state index in [0.29, 0.717) is 0 Å². The Bertz CT molecular complexity index is 204. The molecule has 0 heterocycles. The van der Waals surface area contributed by atoms with Crippen LogP contribution in [0.2, 0.25) is 0 Å². The summed E-state index contributed by atoms with van der Waals surface area (Å²) in [4.78, 5) is 0. The monoisotopic (exact) mass is 168 g/mol. The number of benzene rings is 1. The quantitative estimate of drug-likeness (QED) is 0.469. The minimum atomic E-state index is -1.42. The molecule has 0 unspecified atom stereocenters. The number of hydrogen-bond donors (Lipinski definition) is 0. The summed E-state index contributed by atoms with van der Waals surface area (Å²) in [5.41, 5.74) is 0. The van der Waals surface area contributed by atoms with Crippen molar-refractivity contribution in [2.24, 2.45) is 0 Å². The third-order valence-corrected chi connectivity index (χ3v) is 1.61. The lowest BCUT2D eigenvalue weighted by Gasteiger charge is -1.82. The minimum Gasteiger partial charge on any atom is -0.274 e. The summed E-state index contributed by atoms with van der Waals surface area (Å²) >= 11 is 0. The molecule has 10 heavy (non-hydrogen) atoms. The van der Waals surface area contributed by atoms with Crippen molar-refractivity contribution >= 4 is 24.7 Å². The molecule has 0 bridgehead atoms. The van der Waals surface area contributed by atoms with Gasteiger partial charge < -0.3 is 0 Å². The molecule has 4 heteroatoms. The van der Waals surface area contributed by atoms with Gasteiger partial charge in [0.1, 0.15) is 0 Å². The molecule has 2 nitrogen and oxygen atoms in total. The van der Waals surface area contributed by atoms with Gasteiger partial charge in [-0.3, -0.25) is 8.92 Å². The van der Waals surface area contributed by atoms with Crippen LogP contribution in [0.5, 0.6) is 0 Å². The highest BCUT2D eigenvalue weighted by Crippen LogP contribution is 1.76. The number of hydrogen-bond acceptors (Lipinski definition) is 2. The molecule has 0 saturated heterocycles. The standard InChI is InChI=1S/C6H8Si.O2Si/c7-6-4-2-1-3-5-6;1-3-2/h1-5H,7H3;. The maximum atomic E-state index is 8.40. The van der Waals surface area contributed by atoms with Crippen LogP contribution in [-0.4, -0.2) is 19.5 Å². The molecule has 1 aromatic carbocycles. The Hall–Kier alpha value is -0.746. The normalized spacial score (nSPS) is 7.20. The Kier molecular flexibility index (Phi) is 5.90. The molecule has 0 aliphatic heterocycles. The first-order chi connectivity index (χ1) is 4.81. The molecule has 0 aliphatic rings. The van der Waals surface area contributed by atoms with Crippen LogP contribution in [0, 0.1) is 0 Å². The van der Waals surface area contributed by atoms with E-state index in [4.69, 9.17) is 8.92 Å². The predicted molar refractivity (Wildman–Crippen MR) is 43.1 cm³/mol. The summed E-state index contributed by atoms with van der Waals surface area (Å²) in [5, 5.41) is 1.46. The van der Waals surface area contributed by atoms with Crippen molar-refractivity contribution in [3.05, 3.63) is 30.3 Å². The van der Waals surface area contributed by atoms with Crippen LogP contribution in [-0.2, 0) is 8.92 Å². The van der Waals surface area contributed by atoms with E-state index in [9.17, 15) is 0 Å². The van der Waals surface area contributed by atoms with E-state index in [-0.39, 0.29) is 0 Å². The smallest absolute Gasteiger partial charge is 0.274 e. The van der Waals surface area contributed by atoms with Crippen molar-refractivity contribution < 1.29 is 8.92 Å². The molecule has 0 amide bonds. The topological polar surface area (TPSA) is 34.1 Å². The van der Waals surface area contributed by atoms with Gasteiger partial charge in [0, 0.05) is 10.2 Å². The first kappa shape index (κ1) is 9.25. The Labute approximate surface area is 64.6 Å². The third kappa shape index (κ3) is 5.39. The van der Waals surface area contributed by atoms with Gasteiger partial charge in [-0.25, -0.2) is 0 Å². The Morgan fingerprint density at radius 2 is 1.50 bits per heavy atom. The van der Waals surface area contributed by atoms with Crippen LogP contribution in [0.25, 0.3) is 0 Å². The maximum absolute atomic E-state index is 8.40. The van der Waals surface area contributed by atoms with Crippen LogP contribution >= 0.6 is 0 Å². The summed E-state index contributed by atoms with van der Waals surface area (Å²) in [5.74, 6) is 0. The number of rotatable bonds is 0. The van der Waals surface area contributed by atoms with Crippen LogP contribution in [0.3, 0.4) is 0 Å². The molecular formula is C6H8O2Si2. The van der Waals surface area contributed by atoms with Gasteiger partial charge in [0.2, 0.25) is 0 Å². The summed E-state index contributed by atoms with van der Waals surface area (Å²) < 4.78 is 16.8. The molecule has 0 aromatic heterocycles. The fraction of sp³-hybridized carbons (Fsp3) is 0. The molecule has 52 valence electrons. The van der Waals surface area contributed by atoms with Gasteiger partial charge in [0.15, 0.2) is 0 Å². The van der Waals surface area contributed by atoms with Crippen molar-refractivity contribution in [1.29, 1.82) is 0 Å². The van der Waals surface area contributed by atoms with Gasteiger partial charge in [-0.05, 0) is 0 Å². The van der Waals surface area contributed by atoms with Crippen molar-refractivity contribution in [2.75, 3.05) is 0 Å². The maximum Gasteiger partial charge on any atom is 0.549 e. The van der Waals surface area contributed by atoms with Crippen LogP contribution in [0.15, 0.2) is 30.3 Å².